The number of fused-ring (bicyclic) bond motifs is 1. The lowest BCUT2D eigenvalue weighted by Crippen LogP contribution is -2.24. The molecule has 3 rings (SSSR count). The van der Waals surface area contributed by atoms with Gasteiger partial charge in [-0.2, -0.15) is 0 Å². The third kappa shape index (κ3) is 1.62. The Morgan fingerprint density at radius 2 is 2.18 bits per heavy atom. The second-order valence-corrected chi connectivity index (χ2v) is 4.93. The van der Waals surface area contributed by atoms with Crippen molar-refractivity contribution in [2.45, 2.75) is 12.5 Å². The molecular formula is C13H13ClN2O. The molecule has 2 aromatic rings. The van der Waals surface area contributed by atoms with Crippen molar-refractivity contribution in [2.24, 2.45) is 0 Å². The van der Waals surface area contributed by atoms with Crippen LogP contribution in [0.2, 0.25) is 5.02 Å². The maximum atomic E-state index is 12.0. The standard InChI is InChI=1S/C13H13ClN2O/c1-15-6-5-11(13(15)17)16-7-4-9-2-3-10(14)8-12(9)16/h2-4,7-8,11H,5-6H2,1H3. The first-order valence-electron chi connectivity index (χ1n) is 5.68. The lowest BCUT2D eigenvalue weighted by atomic mass is 10.2. The van der Waals surface area contributed by atoms with Crippen LogP contribution in [-0.4, -0.2) is 29.0 Å². The third-order valence-electron chi connectivity index (χ3n) is 3.42. The smallest absolute Gasteiger partial charge is 0.245 e. The molecule has 0 radical (unpaired) electrons. The monoisotopic (exact) mass is 248 g/mol. The number of likely N-dealkylation sites (N-methyl/N-ethyl adjacent to an activating group) is 1. The predicted octanol–water partition coefficient (Wildman–Crippen LogP) is 2.70. The Morgan fingerprint density at radius 1 is 1.35 bits per heavy atom. The van der Waals surface area contributed by atoms with Gasteiger partial charge in [-0.3, -0.25) is 4.79 Å². The average molecular weight is 249 g/mol. The molecule has 1 atom stereocenters. The summed E-state index contributed by atoms with van der Waals surface area (Å²) in [5, 5.41) is 1.83. The van der Waals surface area contributed by atoms with Crippen LogP contribution in [0, 0.1) is 0 Å². The Bertz CT molecular complexity index is 590. The van der Waals surface area contributed by atoms with Gasteiger partial charge >= 0.3 is 0 Å². The van der Waals surface area contributed by atoms with E-state index in [0.717, 1.165) is 23.9 Å². The van der Waals surface area contributed by atoms with Crippen molar-refractivity contribution in [1.29, 1.82) is 0 Å². The van der Waals surface area contributed by atoms with Crippen LogP contribution in [-0.2, 0) is 4.79 Å². The van der Waals surface area contributed by atoms with Crippen molar-refractivity contribution in [1.82, 2.24) is 9.47 Å². The van der Waals surface area contributed by atoms with Crippen LogP contribution in [0.15, 0.2) is 30.5 Å². The molecule has 0 saturated carbocycles. The summed E-state index contributed by atoms with van der Waals surface area (Å²) in [7, 11) is 1.85. The summed E-state index contributed by atoms with van der Waals surface area (Å²) < 4.78 is 2.03. The Kier molecular flexibility index (Phi) is 2.37. The van der Waals surface area contributed by atoms with Gasteiger partial charge in [-0.1, -0.05) is 17.7 Å². The molecule has 0 spiro atoms. The summed E-state index contributed by atoms with van der Waals surface area (Å²) in [6.07, 6.45) is 2.84. The molecule has 2 heterocycles. The highest BCUT2D eigenvalue weighted by atomic mass is 35.5. The number of carbonyl (C=O) groups is 1. The SMILES string of the molecule is CN1CCC(n2ccc3ccc(Cl)cc32)C1=O. The molecule has 4 heteroatoms. The maximum Gasteiger partial charge on any atom is 0.245 e. The van der Waals surface area contributed by atoms with Gasteiger partial charge in [0.1, 0.15) is 6.04 Å². The molecule has 1 amide bonds. The molecule has 1 aliphatic heterocycles. The molecule has 0 aliphatic carbocycles. The largest absolute Gasteiger partial charge is 0.344 e. The molecule has 88 valence electrons. The second kappa shape index (κ2) is 3.77. The number of halogens is 1. The number of rotatable bonds is 1. The van der Waals surface area contributed by atoms with Gasteiger partial charge in [0.15, 0.2) is 0 Å². The van der Waals surface area contributed by atoms with Gasteiger partial charge in [-0.25, -0.2) is 0 Å². The van der Waals surface area contributed by atoms with Gasteiger partial charge < -0.3 is 9.47 Å². The topological polar surface area (TPSA) is 25.2 Å². The Balaban J connectivity index is 2.12. The van der Waals surface area contributed by atoms with Crippen LogP contribution in [0.4, 0.5) is 0 Å². The van der Waals surface area contributed by atoms with Crippen molar-refractivity contribution in [3.63, 3.8) is 0 Å². The minimum absolute atomic E-state index is 0.0732. The molecule has 3 nitrogen and oxygen atoms in total. The molecule has 1 aromatic carbocycles. The molecule has 1 saturated heterocycles. The van der Waals surface area contributed by atoms with Gasteiger partial charge in [0.05, 0.1) is 5.52 Å². The van der Waals surface area contributed by atoms with Crippen molar-refractivity contribution in [2.75, 3.05) is 13.6 Å². The van der Waals surface area contributed by atoms with E-state index in [4.69, 9.17) is 11.6 Å². The summed E-state index contributed by atoms with van der Waals surface area (Å²) in [4.78, 5) is 13.8. The minimum Gasteiger partial charge on any atom is -0.344 e. The van der Waals surface area contributed by atoms with E-state index >= 15 is 0 Å². The van der Waals surface area contributed by atoms with Gasteiger partial charge in [0.2, 0.25) is 5.91 Å². The van der Waals surface area contributed by atoms with E-state index < -0.39 is 0 Å². The van der Waals surface area contributed by atoms with E-state index in [9.17, 15) is 4.79 Å². The molecule has 1 fully saturated rings. The molecule has 1 unspecified atom stereocenters. The van der Waals surface area contributed by atoms with E-state index in [0.29, 0.717) is 5.02 Å². The fraction of sp³-hybridized carbons (Fsp3) is 0.308. The van der Waals surface area contributed by atoms with Crippen LogP contribution in [0.3, 0.4) is 0 Å². The fourth-order valence-electron chi connectivity index (χ4n) is 2.46. The van der Waals surface area contributed by atoms with E-state index in [1.54, 1.807) is 4.90 Å². The lowest BCUT2D eigenvalue weighted by molar-refractivity contribution is -0.129. The Labute approximate surface area is 105 Å². The predicted molar refractivity (Wildman–Crippen MR) is 68.2 cm³/mol. The minimum atomic E-state index is -0.0732. The number of amides is 1. The van der Waals surface area contributed by atoms with Crippen LogP contribution in [0.1, 0.15) is 12.5 Å². The third-order valence-corrected chi connectivity index (χ3v) is 3.66. The number of likely N-dealkylation sites (tertiary alicyclic amines) is 1. The van der Waals surface area contributed by atoms with E-state index in [1.807, 2.05) is 42.1 Å². The first kappa shape index (κ1) is 10.7. The summed E-state index contributed by atoms with van der Waals surface area (Å²) in [5.74, 6) is 0.183. The summed E-state index contributed by atoms with van der Waals surface area (Å²) in [6.45, 7) is 0.823. The number of carbonyl (C=O) groups excluding carboxylic acids is 1. The molecule has 1 aliphatic rings. The van der Waals surface area contributed by atoms with Gasteiger partial charge in [0, 0.05) is 24.8 Å². The van der Waals surface area contributed by atoms with Crippen LogP contribution in [0.5, 0.6) is 0 Å². The number of benzene rings is 1. The number of hydrogen-bond acceptors (Lipinski definition) is 1. The van der Waals surface area contributed by atoms with Crippen LogP contribution < -0.4 is 0 Å². The first-order chi connectivity index (χ1) is 8.16. The Morgan fingerprint density at radius 3 is 2.88 bits per heavy atom. The zero-order valence-electron chi connectivity index (χ0n) is 9.56. The van der Waals surface area contributed by atoms with Crippen molar-refractivity contribution >= 4 is 28.4 Å². The highest BCUT2D eigenvalue weighted by Crippen LogP contribution is 2.28. The lowest BCUT2D eigenvalue weighted by Gasteiger charge is -2.13. The molecule has 1 aromatic heterocycles. The zero-order valence-corrected chi connectivity index (χ0v) is 10.3. The number of nitrogens with zero attached hydrogens (tertiary/aromatic N) is 2. The number of hydrogen-bond donors (Lipinski definition) is 0. The van der Waals surface area contributed by atoms with Gasteiger partial charge in [-0.05, 0) is 30.0 Å². The molecule has 17 heavy (non-hydrogen) atoms. The van der Waals surface area contributed by atoms with Crippen molar-refractivity contribution in [3.8, 4) is 0 Å². The van der Waals surface area contributed by atoms with E-state index in [2.05, 4.69) is 0 Å². The Hall–Kier alpha value is -1.48. The molecular weight excluding hydrogens is 236 g/mol. The highest BCUT2D eigenvalue weighted by molar-refractivity contribution is 6.31. The molecule has 0 bridgehead atoms. The first-order valence-corrected chi connectivity index (χ1v) is 6.06. The average Bonchev–Trinajstić information content (AvgIpc) is 2.84. The van der Waals surface area contributed by atoms with Gasteiger partial charge in [0.25, 0.3) is 0 Å². The second-order valence-electron chi connectivity index (χ2n) is 4.49. The highest BCUT2D eigenvalue weighted by Gasteiger charge is 2.30. The summed E-state index contributed by atoms with van der Waals surface area (Å²) >= 11 is 6.01. The summed E-state index contributed by atoms with van der Waals surface area (Å²) in [5.41, 5.74) is 1.03. The molecule has 0 N–H and O–H groups in total. The van der Waals surface area contributed by atoms with Gasteiger partial charge in [-0.15, -0.1) is 0 Å². The quantitative estimate of drug-likeness (QED) is 0.762. The fourth-order valence-corrected chi connectivity index (χ4v) is 2.62. The van der Waals surface area contributed by atoms with E-state index in [1.165, 1.54) is 0 Å². The zero-order chi connectivity index (χ0) is 12.0. The number of aromatic nitrogens is 1. The van der Waals surface area contributed by atoms with Crippen molar-refractivity contribution < 1.29 is 4.79 Å². The van der Waals surface area contributed by atoms with Crippen LogP contribution >= 0.6 is 11.6 Å². The van der Waals surface area contributed by atoms with Crippen LogP contribution in [0.25, 0.3) is 10.9 Å². The normalized spacial score (nSPS) is 20.5. The van der Waals surface area contributed by atoms with E-state index in [-0.39, 0.29) is 11.9 Å². The maximum absolute atomic E-state index is 12.0. The summed E-state index contributed by atoms with van der Waals surface area (Å²) in [6, 6.07) is 7.73. The van der Waals surface area contributed by atoms with Crippen molar-refractivity contribution in [3.05, 3.63) is 35.5 Å².